The number of esters is 2. The molecule has 0 bridgehead atoms. The van der Waals surface area contributed by atoms with Gasteiger partial charge in [-0.2, -0.15) is 0 Å². The summed E-state index contributed by atoms with van der Waals surface area (Å²) in [6.07, 6.45) is 7.48. The number of rotatable bonds is 2. The largest absolute Gasteiger partial charge is 0.469 e. The van der Waals surface area contributed by atoms with Crippen molar-refractivity contribution in [3.05, 3.63) is 0 Å². The molecule has 0 saturated heterocycles. The van der Waals surface area contributed by atoms with Crippen LogP contribution in [-0.4, -0.2) is 30.9 Å². The number of hydrogen-bond acceptors (Lipinski definition) is 5. The number of ketones is 1. The van der Waals surface area contributed by atoms with Crippen molar-refractivity contribution in [3.63, 3.8) is 0 Å². The Labute approximate surface area is 167 Å². The standard InChI is InChI=1S/C23H34O5/c1-13(24)28-15-9-10-22(2)14(11-15)5-6-16-17-7-8-18(21(26)27-4)23(17,3)20(25)12-19(16)22/h14-19H,5-12H2,1-4H3. The van der Waals surface area contributed by atoms with Gasteiger partial charge in [0.25, 0.3) is 0 Å². The third-order valence-electron chi connectivity index (χ3n) is 9.30. The minimum atomic E-state index is -0.549. The van der Waals surface area contributed by atoms with Crippen molar-refractivity contribution in [2.75, 3.05) is 7.11 Å². The monoisotopic (exact) mass is 390 g/mol. The molecule has 0 aromatic rings. The lowest BCUT2D eigenvalue weighted by molar-refractivity contribution is -0.171. The van der Waals surface area contributed by atoms with E-state index in [-0.39, 0.29) is 35.2 Å². The minimum absolute atomic E-state index is 0.0341. The van der Waals surface area contributed by atoms with Crippen LogP contribution in [0, 0.1) is 40.4 Å². The van der Waals surface area contributed by atoms with Crippen LogP contribution >= 0.6 is 0 Å². The van der Waals surface area contributed by atoms with E-state index in [1.165, 1.54) is 14.0 Å². The lowest BCUT2D eigenvalue weighted by Crippen LogP contribution is -2.57. The highest BCUT2D eigenvalue weighted by Gasteiger charge is 2.65. The van der Waals surface area contributed by atoms with Gasteiger partial charge < -0.3 is 9.47 Å². The Bertz CT molecular complexity index is 686. The van der Waals surface area contributed by atoms with Gasteiger partial charge in [0.05, 0.1) is 13.0 Å². The topological polar surface area (TPSA) is 69.7 Å². The van der Waals surface area contributed by atoms with Crippen LogP contribution in [0.1, 0.15) is 72.1 Å². The maximum absolute atomic E-state index is 13.4. The first kappa shape index (κ1) is 19.9. The summed E-state index contributed by atoms with van der Waals surface area (Å²) >= 11 is 0. The molecule has 0 aliphatic heterocycles. The zero-order valence-corrected chi connectivity index (χ0v) is 17.7. The molecule has 4 aliphatic rings. The third kappa shape index (κ3) is 2.75. The first-order valence-electron chi connectivity index (χ1n) is 11.0. The zero-order valence-electron chi connectivity index (χ0n) is 17.7. The Morgan fingerprint density at radius 3 is 2.46 bits per heavy atom. The fourth-order valence-electron chi connectivity index (χ4n) is 7.80. The second kappa shape index (κ2) is 6.84. The van der Waals surface area contributed by atoms with Crippen molar-refractivity contribution >= 4 is 17.7 Å². The molecule has 5 heteroatoms. The molecule has 0 amide bonds. The van der Waals surface area contributed by atoms with Gasteiger partial charge in [0.1, 0.15) is 11.9 Å². The van der Waals surface area contributed by atoms with Crippen molar-refractivity contribution in [2.24, 2.45) is 40.4 Å². The maximum Gasteiger partial charge on any atom is 0.309 e. The number of Topliss-reactive ketones (excluding diaryl/α,β-unsaturated/α-hetero) is 1. The molecule has 0 radical (unpaired) electrons. The molecular formula is C23H34O5. The summed E-state index contributed by atoms with van der Waals surface area (Å²) in [5.41, 5.74) is -0.410. The molecule has 0 aromatic carbocycles. The van der Waals surface area contributed by atoms with Gasteiger partial charge >= 0.3 is 11.9 Å². The summed E-state index contributed by atoms with van der Waals surface area (Å²) in [6, 6.07) is 0. The van der Waals surface area contributed by atoms with E-state index < -0.39 is 5.41 Å². The number of carbonyl (C=O) groups excluding carboxylic acids is 3. The first-order chi connectivity index (χ1) is 13.2. The summed E-state index contributed by atoms with van der Waals surface area (Å²) in [6.45, 7) is 5.90. The highest BCUT2D eigenvalue weighted by atomic mass is 16.5. The van der Waals surface area contributed by atoms with Crippen molar-refractivity contribution < 1.29 is 23.9 Å². The van der Waals surface area contributed by atoms with Crippen LogP contribution in [0.3, 0.4) is 0 Å². The van der Waals surface area contributed by atoms with Crippen LogP contribution in [0.25, 0.3) is 0 Å². The first-order valence-corrected chi connectivity index (χ1v) is 11.0. The molecule has 0 aromatic heterocycles. The second-order valence-electron chi connectivity index (χ2n) is 10.2. The average molecular weight is 391 g/mol. The number of methoxy groups -OCH3 is 1. The number of ether oxygens (including phenoxy) is 2. The Morgan fingerprint density at radius 1 is 1.04 bits per heavy atom. The highest BCUT2D eigenvalue weighted by molar-refractivity contribution is 5.92. The molecule has 5 nitrogen and oxygen atoms in total. The van der Waals surface area contributed by atoms with E-state index >= 15 is 0 Å². The Morgan fingerprint density at radius 2 is 1.79 bits per heavy atom. The molecule has 4 aliphatic carbocycles. The lowest BCUT2D eigenvalue weighted by atomic mass is 9.44. The fraction of sp³-hybridized carbons (Fsp3) is 0.870. The SMILES string of the molecule is COC(=O)C1CCC2C3CCC4CC(OC(C)=O)CCC4(C)C3CC(=O)C12C. The molecule has 4 saturated carbocycles. The smallest absolute Gasteiger partial charge is 0.309 e. The molecule has 0 N–H and O–H groups in total. The second-order valence-corrected chi connectivity index (χ2v) is 10.2. The van der Waals surface area contributed by atoms with E-state index in [0.29, 0.717) is 30.1 Å². The predicted molar refractivity (Wildman–Crippen MR) is 103 cm³/mol. The van der Waals surface area contributed by atoms with Crippen molar-refractivity contribution in [3.8, 4) is 0 Å². The van der Waals surface area contributed by atoms with E-state index in [4.69, 9.17) is 9.47 Å². The zero-order chi connectivity index (χ0) is 20.3. The summed E-state index contributed by atoms with van der Waals surface area (Å²) in [4.78, 5) is 37.2. The highest BCUT2D eigenvalue weighted by Crippen LogP contribution is 2.66. The molecule has 156 valence electrons. The molecule has 28 heavy (non-hydrogen) atoms. The molecular weight excluding hydrogens is 356 g/mol. The summed E-state index contributed by atoms with van der Waals surface area (Å²) < 4.78 is 10.6. The maximum atomic E-state index is 13.4. The van der Waals surface area contributed by atoms with Crippen LogP contribution < -0.4 is 0 Å². The molecule has 0 heterocycles. The van der Waals surface area contributed by atoms with Crippen molar-refractivity contribution in [1.29, 1.82) is 0 Å². The van der Waals surface area contributed by atoms with E-state index in [1.807, 2.05) is 6.92 Å². The quantitative estimate of drug-likeness (QED) is 0.668. The number of fused-ring (bicyclic) bond motifs is 5. The Hall–Kier alpha value is -1.39. The van der Waals surface area contributed by atoms with Crippen molar-refractivity contribution in [1.82, 2.24) is 0 Å². The Kier molecular flexibility index (Phi) is 4.86. The van der Waals surface area contributed by atoms with Crippen LogP contribution in [0.15, 0.2) is 0 Å². The fourth-order valence-corrected chi connectivity index (χ4v) is 7.80. The lowest BCUT2D eigenvalue weighted by Gasteiger charge is -2.60. The van der Waals surface area contributed by atoms with Gasteiger partial charge in [-0.25, -0.2) is 0 Å². The van der Waals surface area contributed by atoms with Crippen LogP contribution in [0.4, 0.5) is 0 Å². The van der Waals surface area contributed by atoms with Gasteiger partial charge in [-0.15, -0.1) is 0 Å². The van der Waals surface area contributed by atoms with Crippen LogP contribution in [0.5, 0.6) is 0 Å². The van der Waals surface area contributed by atoms with Gasteiger partial charge in [0.15, 0.2) is 0 Å². The summed E-state index contributed by atoms with van der Waals surface area (Å²) in [5.74, 6) is 1.32. The van der Waals surface area contributed by atoms with Crippen LogP contribution in [0.2, 0.25) is 0 Å². The molecule has 8 unspecified atom stereocenters. The van der Waals surface area contributed by atoms with Gasteiger partial charge in [-0.05, 0) is 74.0 Å². The minimum Gasteiger partial charge on any atom is -0.469 e. The molecule has 4 rings (SSSR count). The average Bonchev–Trinajstić information content (AvgIpc) is 3.01. The van der Waals surface area contributed by atoms with E-state index in [0.717, 1.165) is 44.9 Å². The van der Waals surface area contributed by atoms with E-state index in [1.54, 1.807) is 0 Å². The van der Waals surface area contributed by atoms with E-state index in [2.05, 4.69) is 6.92 Å². The Balaban J connectivity index is 1.58. The van der Waals surface area contributed by atoms with Gasteiger partial charge in [0.2, 0.25) is 0 Å². The molecule has 4 fully saturated rings. The van der Waals surface area contributed by atoms with Crippen LogP contribution in [-0.2, 0) is 23.9 Å². The number of hydrogen-bond donors (Lipinski definition) is 0. The molecule has 0 spiro atoms. The van der Waals surface area contributed by atoms with Gasteiger partial charge in [-0.3, -0.25) is 14.4 Å². The van der Waals surface area contributed by atoms with E-state index in [9.17, 15) is 14.4 Å². The van der Waals surface area contributed by atoms with Gasteiger partial charge in [-0.1, -0.05) is 13.8 Å². The normalized spacial score (nSPS) is 47.5. The summed E-state index contributed by atoms with van der Waals surface area (Å²) in [7, 11) is 1.43. The third-order valence-corrected chi connectivity index (χ3v) is 9.30. The van der Waals surface area contributed by atoms with Crippen molar-refractivity contribution in [2.45, 2.75) is 78.2 Å². The number of carbonyl (C=O) groups is 3. The van der Waals surface area contributed by atoms with Gasteiger partial charge in [0, 0.05) is 18.8 Å². The molecule has 8 atom stereocenters. The summed E-state index contributed by atoms with van der Waals surface area (Å²) in [5, 5.41) is 0. The predicted octanol–water partition coefficient (Wildman–Crippen LogP) is 3.93.